The molecule has 0 unspecified atom stereocenters. The molecule has 5 nitrogen and oxygen atoms in total. The topological polar surface area (TPSA) is 63.5 Å². The Balaban J connectivity index is 2.07. The van der Waals surface area contributed by atoms with Crippen molar-refractivity contribution in [2.24, 2.45) is 5.92 Å². The van der Waals surface area contributed by atoms with Crippen molar-refractivity contribution in [2.45, 2.75) is 32.6 Å². The Bertz CT molecular complexity index is 540. The number of nitro groups is 1. The first-order valence-corrected chi connectivity index (χ1v) is 7.64. The van der Waals surface area contributed by atoms with Gasteiger partial charge in [0, 0.05) is 24.7 Å². The number of nitro benzene ring substituents is 1. The lowest BCUT2D eigenvalue weighted by atomic mass is 9.92. The second kappa shape index (κ2) is 6.89. The van der Waals surface area contributed by atoms with Crippen molar-refractivity contribution in [3.8, 4) is 0 Å². The van der Waals surface area contributed by atoms with Crippen LogP contribution in [0.1, 0.15) is 43.0 Å². The summed E-state index contributed by atoms with van der Waals surface area (Å²) in [6.45, 7) is 3.62. The van der Waals surface area contributed by atoms with Crippen LogP contribution in [0.25, 0.3) is 0 Å². The second-order valence-electron chi connectivity index (χ2n) is 5.45. The second-order valence-corrected chi connectivity index (χ2v) is 5.85. The Hall–Kier alpha value is -1.62. The zero-order chi connectivity index (χ0) is 15.4. The maximum atomic E-state index is 12.4. The van der Waals surface area contributed by atoms with Crippen LogP contribution < -0.4 is 0 Å². The zero-order valence-electron chi connectivity index (χ0n) is 12.0. The summed E-state index contributed by atoms with van der Waals surface area (Å²) in [5.41, 5.74) is 0.114. The molecule has 0 aliphatic carbocycles. The number of halogens is 1. The monoisotopic (exact) mass is 310 g/mol. The Morgan fingerprint density at radius 3 is 2.67 bits per heavy atom. The summed E-state index contributed by atoms with van der Waals surface area (Å²) in [6.07, 6.45) is 4.39. The van der Waals surface area contributed by atoms with Gasteiger partial charge in [-0.1, -0.05) is 31.4 Å². The van der Waals surface area contributed by atoms with Crippen molar-refractivity contribution in [3.63, 3.8) is 0 Å². The van der Waals surface area contributed by atoms with Crippen LogP contribution in [0.3, 0.4) is 0 Å². The van der Waals surface area contributed by atoms with E-state index >= 15 is 0 Å². The van der Waals surface area contributed by atoms with Crippen molar-refractivity contribution in [3.05, 3.63) is 38.9 Å². The average molecular weight is 311 g/mol. The highest BCUT2D eigenvalue weighted by atomic mass is 35.5. The predicted molar refractivity (Wildman–Crippen MR) is 81.6 cm³/mol. The Morgan fingerprint density at radius 1 is 1.43 bits per heavy atom. The molecule has 0 aromatic heterocycles. The summed E-state index contributed by atoms with van der Waals surface area (Å²) in [6, 6.07) is 4.23. The summed E-state index contributed by atoms with van der Waals surface area (Å²) in [7, 11) is 0. The molecule has 1 aromatic rings. The highest BCUT2D eigenvalue weighted by molar-refractivity contribution is 6.32. The van der Waals surface area contributed by atoms with E-state index in [4.69, 9.17) is 11.6 Å². The molecule has 1 amide bonds. The highest BCUT2D eigenvalue weighted by Crippen LogP contribution is 2.27. The molecule has 114 valence electrons. The van der Waals surface area contributed by atoms with Crippen molar-refractivity contribution >= 4 is 23.2 Å². The molecule has 0 bridgehead atoms. The van der Waals surface area contributed by atoms with Gasteiger partial charge in [-0.15, -0.1) is 0 Å². The molecule has 0 spiro atoms. The summed E-state index contributed by atoms with van der Waals surface area (Å²) >= 11 is 5.77. The van der Waals surface area contributed by atoms with Gasteiger partial charge in [0.25, 0.3) is 11.6 Å². The molecular formula is C15H19ClN2O3. The van der Waals surface area contributed by atoms with Crippen LogP contribution in [-0.4, -0.2) is 28.8 Å². The first-order valence-electron chi connectivity index (χ1n) is 7.26. The third-order valence-corrected chi connectivity index (χ3v) is 4.31. The van der Waals surface area contributed by atoms with Crippen LogP contribution in [0.2, 0.25) is 5.02 Å². The number of likely N-dealkylation sites (tertiary alicyclic amines) is 1. The van der Waals surface area contributed by atoms with Crippen molar-refractivity contribution in [1.82, 2.24) is 4.90 Å². The van der Waals surface area contributed by atoms with Crippen molar-refractivity contribution < 1.29 is 9.72 Å². The van der Waals surface area contributed by atoms with E-state index in [1.807, 2.05) is 0 Å². The van der Waals surface area contributed by atoms with Gasteiger partial charge in [0.15, 0.2) is 0 Å². The van der Waals surface area contributed by atoms with Gasteiger partial charge in [-0.05, 0) is 30.9 Å². The van der Waals surface area contributed by atoms with Gasteiger partial charge in [-0.2, -0.15) is 0 Å². The van der Waals surface area contributed by atoms with Gasteiger partial charge >= 0.3 is 0 Å². The normalized spacial score (nSPS) is 16.0. The third kappa shape index (κ3) is 3.73. The summed E-state index contributed by atoms with van der Waals surface area (Å²) < 4.78 is 0. The number of benzene rings is 1. The Kier molecular flexibility index (Phi) is 5.17. The smallest absolute Gasteiger partial charge is 0.288 e. The molecule has 1 heterocycles. The SMILES string of the molecule is CCCC1CCN(C(=O)c2ccc(Cl)c([N+](=O)[O-])c2)CC1. The fourth-order valence-electron chi connectivity index (χ4n) is 2.80. The van der Waals surface area contributed by atoms with Gasteiger partial charge in [-0.3, -0.25) is 14.9 Å². The van der Waals surface area contributed by atoms with Gasteiger partial charge < -0.3 is 4.90 Å². The first kappa shape index (κ1) is 15.8. The van der Waals surface area contributed by atoms with E-state index in [1.54, 1.807) is 11.0 Å². The molecule has 1 aliphatic rings. The summed E-state index contributed by atoms with van der Waals surface area (Å²) in [5.74, 6) is 0.545. The van der Waals surface area contributed by atoms with Crippen molar-refractivity contribution in [2.75, 3.05) is 13.1 Å². The molecule has 2 rings (SSSR count). The van der Waals surface area contributed by atoms with Crippen LogP contribution in [0.5, 0.6) is 0 Å². The van der Waals surface area contributed by atoms with Gasteiger partial charge in [-0.25, -0.2) is 0 Å². The molecule has 1 saturated heterocycles. The molecule has 1 aliphatic heterocycles. The zero-order valence-corrected chi connectivity index (χ0v) is 12.8. The van der Waals surface area contributed by atoms with E-state index in [0.29, 0.717) is 11.5 Å². The fourth-order valence-corrected chi connectivity index (χ4v) is 2.99. The van der Waals surface area contributed by atoms with E-state index in [2.05, 4.69) is 6.92 Å². The number of amides is 1. The van der Waals surface area contributed by atoms with E-state index < -0.39 is 4.92 Å². The molecule has 0 N–H and O–H groups in total. The first-order chi connectivity index (χ1) is 10.0. The molecule has 1 aromatic carbocycles. The summed E-state index contributed by atoms with van der Waals surface area (Å²) in [5, 5.41) is 10.9. The standard InChI is InChI=1S/C15H19ClN2O3/c1-2-3-11-6-8-17(9-7-11)15(19)12-4-5-13(16)14(10-12)18(20)21/h4-5,10-11H,2-3,6-9H2,1H3. The van der Waals surface area contributed by atoms with Crippen LogP contribution in [0.15, 0.2) is 18.2 Å². The number of rotatable bonds is 4. The van der Waals surface area contributed by atoms with E-state index in [-0.39, 0.29) is 16.6 Å². The van der Waals surface area contributed by atoms with Crippen LogP contribution in [0.4, 0.5) is 5.69 Å². The number of hydrogen-bond acceptors (Lipinski definition) is 3. The molecular weight excluding hydrogens is 292 g/mol. The molecule has 1 fully saturated rings. The van der Waals surface area contributed by atoms with Crippen LogP contribution in [-0.2, 0) is 0 Å². The minimum absolute atomic E-state index is 0.0539. The van der Waals surface area contributed by atoms with Gasteiger partial charge in [0.05, 0.1) is 4.92 Å². The minimum Gasteiger partial charge on any atom is -0.339 e. The number of piperidine rings is 1. The molecule has 21 heavy (non-hydrogen) atoms. The maximum absolute atomic E-state index is 12.4. The summed E-state index contributed by atoms with van der Waals surface area (Å²) in [4.78, 5) is 24.5. The lowest BCUT2D eigenvalue weighted by Crippen LogP contribution is -2.38. The Labute approximate surface area is 129 Å². The lowest BCUT2D eigenvalue weighted by Gasteiger charge is -2.32. The van der Waals surface area contributed by atoms with Crippen LogP contribution >= 0.6 is 11.6 Å². The average Bonchev–Trinajstić information content (AvgIpc) is 2.48. The van der Waals surface area contributed by atoms with Crippen molar-refractivity contribution in [1.29, 1.82) is 0 Å². The largest absolute Gasteiger partial charge is 0.339 e. The molecule has 0 radical (unpaired) electrons. The minimum atomic E-state index is -0.563. The van der Waals surface area contributed by atoms with E-state index in [0.717, 1.165) is 25.9 Å². The molecule has 0 saturated carbocycles. The number of carbonyl (C=O) groups excluding carboxylic acids is 1. The fraction of sp³-hybridized carbons (Fsp3) is 0.533. The molecule has 0 atom stereocenters. The number of carbonyl (C=O) groups is 1. The quantitative estimate of drug-likeness (QED) is 0.626. The van der Waals surface area contributed by atoms with Gasteiger partial charge in [0.1, 0.15) is 5.02 Å². The van der Waals surface area contributed by atoms with Crippen LogP contribution in [0, 0.1) is 16.0 Å². The lowest BCUT2D eigenvalue weighted by molar-refractivity contribution is -0.384. The maximum Gasteiger partial charge on any atom is 0.288 e. The van der Waals surface area contributed by atoms with Gasteiger partial charge in [0.2, 0.25) is 0 Å². The third-order valence-electron chi connectivity index (χ3n) is 3.99. The van der Waals surface area contributed by atoms with E-state index in [1.165, 1.54) is 25.0 Å². The molecule has 6 heteroatoms. The highest BCUT2D eigenvalue weighted by Gasteiger charge is 2.24. The Morgan fingerprint density at radius 2 is 2.10 bits per heavy atom. The predicted octanol–water partition coefficient (Wildman–Crippen LogP) is 3.90. The van der Waals surface area contributed by atoms with E-state index in [9.17, 15) is 14.9 Å². The number of hydrogen-bond donors (Lipinski definition) is 0. The number of nitrogens with zero attached hydrogens (tertiary/aromatic N) is 2.